The average molecular weight is 274 g/mol. The van der Waals surface area contributed by atoms with Crippen LogP contribution in [0.1, 0.15) is 71.6 Å². The van der Waals surface area contributed by atoms with Gasteiger partial charge in [0.15, 0.2) is 0 Å². The molecule has 0 bridgehead atoms. The van der Waals surface area contributed by atoms with Crippen LogP contribution in [0, 0.1) is 34.5 Å². The molecule has 3 fully saturated rings. The minimum absolute atomic E-state index is 0.116. The molecule has 1 nitrogen and oxygen atoms in total. The van der Waals surface area contributed by atoms with E-state index < -0.39 is 0 Å². The number of hydrogen-bond donors (Lipinski definition) is 1. The van der Waals surface area contributed by atoms with E-state index in [1.54, 1.807) is 0 Å². The number of allylic oxidation sites excluding steroid dienone is 2. The zero-order chi connectivity index (χ0) is 14.0. The maximum Gasteiger partial charge on any atom is 0.0947 e. The van der Waals surface area contributed by atoms with Crippen LogP contribution in [0.15, 0.2) is 11.8 Å². The summed E-state index contributed by atoms with van der Waals surface area (Å²) < 4.78 is 0. The van der Waals surface area contributed by atoms with Gasteiger partial charge in [0.1, 0.15) is 0 Å². The summed E-state index contributed by atoms with van der Waals surface area (Å²) in [5.41, 5.74) is 0.753. The van der Waals surface area contributed by atoms with Crippen molar-refractivity contribution in [3.8, 4) is 0 Å². The first kappa shape index (κ1) is 13.2. The third-order valence-electron chi connectivity index (χ3n) is 8.09. The van der Waals surface area contributed by atoms with Crippen LogP contribution in [0.2, 0.25) is 0 Å². The van der Waals surface area contributed by atoms with E-state index >= 15 is 0 Å². The molecule has 4 aliphatic carbocycles. The lowest BCUT2D eigenvalue weighted by Gasteiger charge is -2.59. The Labute approximate surface area is 123 Å². The third-order valence-corrected chi connectivity index (χ3v) is 8.09. The Morgan fingerprint density at radius 1 is 1.00 bits per heavy atom. The standard InChI is InChI=1S/C19H30O/c1-18-11-4-6-15(18)14-9-8-13-5-3-7-17(20)19(13,2)16(14)10-12-18/h7,13-16,20H,3-6,8-12H2,1-2H3/t13?,14-,15-,16-,18-,19-/m0/s1. The van der Waals surface area contributed by atoms with E-state index in [0.29, 0.717) is 5.41 Å². The summed E-state index contributed by atoms with van der Waals surface area (Å²) in [6, 6.07) is 0. The predicted octanol–water partition coefficient (Wildman–Crippen LogP) is 5.47. The highest BCUT2D eigenvalue weighted by Gasteiger charge is 2.58. The molecule has 20 heavy (non-hydrogen) atoms. The van der Waals surface area contributed by atoms with Gasteiger partial charge in [-0.1, -0.05) is 20.3 Å². The van der Waals surface area contributed by atoms with Crippen molar-refractivity contribution >= 4 is 0 Å². The normalized spacial score (nSPS) is 54.6. The molecular formula is C19H30O. The largest absolute Gasteiger partial charge is 0.512 e. The van der Waals surface area contributed by atoms with Crippen molar-refractivity contribution in [1.29, 1.82) is 0 Å². The Morgan fingerprint density at radius 2 is 1.85 bits per heavy atom. The van der Waals surface area contributed by atoms with Gasteiger partial charge >= 0.3 is 0 Å². The van der Waals surface area contributed by atoms with Crippen molar-refractivity contribution in [1.82, 2.24) is 0 Å². The van der Waals surface area contributed by atoms with Gasteiger partial charge < -0.3 is 5.11 Å². The molecule has 0 aromatic rings. The van der Waals surface area contributed by atoms with Crippen molar-refractivity contribution in [2.24, 2.45) is 34.5 Å². The second-order valence-corrected chi connectivity index (χ2v) is 8.69. The highest BCUT2D eigenvalue weighted by molar-refractivity contribution is 5.18. The topological polar surface area (TPSA) is 20.2 Å². The lowest BCUT2D eigenvalue weighted by molar-refractivity contribution is -0.0895. The van der Waals surface area contributed by atoms with Gasteiger partial charge in [-0.15, -0.1) is 0 Å². The van der Waals surface area contributed by atoms with Crippen LogP contribution < -0.4 is 0 Å². The van der Waals surface area contributed by atoms with E-state index in [1.807, 2.05) is 0 Å². The fourth-order valence-corrected chi connectivity index (χ4v) is 6.91. The van der Waals surface area contributed by atoms with Crippen molar-refractivity contribution in [3.63, 3.8) is 0 Å². The van der Waals surface area contributed by atoms with Crippen LogP contribution in [0.5, 0.6) is 0 Å². The summed E-state index contributed by atoms with van der Waals surface area (Å²) in [6.45, 7) is 4.96. The third kappa shape index (κ3) is 1.56. The highest BCUT2D eigenvalue weighted by atomic mass is 16.3. The van der Waals surface area contributed by atoms with E-state index in [4.69, 9.17) is 0 Å². The monoisotopic (exact) mass is 274 g/mol. The number of rotatable bonds is 0. The summed E-state index contributed by atoms with van der Waals surface area (Å²) in [6.07, 6.45) is 14.5. The molecule has 1 heteroatoms. The Balaban J connectivity index is 1.71. The number of aliphatic hydroxyl groups is 1. The molecule has 3 saturated carbocycles. The second kappa shape index (κ2) is 4.27. The molecule has 0 saturated heterocycles. The zero-order valence-corrected chi connectivity index (χ0v) is 13.2. The number of hydrogen-bond acceptors (Lipinski definition) is 1. The molecule has 0 heterocycles. The fourth-order valence-electron chi connectivity index (χ4n) is 6.91. The maximum atomic E-state index is 10.7. The minimum atomic E-state index is 0.116. The van der Waals surface area contributed by atoms with E-state index in [-0.39, 0.29) is 5.41 Å². The first-order chi connectivity index (χ1) is 9.56. The summed E-state index contributed by atoms with van der Waals surface area (Å²) in [5, 5.41) is 10.7. The van der Waals surface area contributed by atoms with E-state index in [2.05, 4.69) is 19.9 Å². The van der Waals surface area contributed by atoms with Crippen molar-refractivity contribution < 1.29 is 5.11 Å². The lowest BCUT2D eigenvalue weighted by Crippen LogP contribution is -2.52. The zero-order valence-electron chi connectivity index (χ0n) is 13.2. The van der Waals surface area contributed by atoms with Gasteiger partial charge in [-0.3, -0.25) is 0 Å². The van der Waals surface area contributed by atoms with Gasteiger partial charge in [-0.05, 0) is 86.5 Å². The number of aliphatic hydroxyl groups excluding tert-OH is 1. The Kier molecular flexibility index (Phi) is 2.82. The van der Waals surface area contributed by atoms with Gasteiger partial charge in [-0.2, -0.15) is 0 Å². The molecule has 0 aliphatic heterocycles. The Morgan fingerprint density at radius 3 is 2.70 bits per heavy atom. The lowest BCUT2D eigenvalue weighted by atomic mass is 9.46. The molecule has 0 aromatic heterocycles. The molecular weight excluding hydrogens is 244 g/mol. The van der Waals surface area contributed by atoms with Gasteiger partial charge in [-0.25, -0.2) is 0 Å². The van der Waals surface area contributed by atoms with Crippen molar-refractivity contribution in [3.05, 3.63) is 11.8 Å². The van der Waals surface area contributed by atoms with Crippen LogP contribution in [0.4, 0.5) is 0 Å². The predicted molar refractivity (Wildman–Crippen MR) is 82.4 cm³/mol. The van der Waals surface area contributed by atoms with E-state index in [1.165, 1.54) is 51.4 Å². The first-order valence-electron chi connectivity index (χ1n) is 8.95. The van der Waals surface area contributed by atoms with Crippen LogP contribution in [-0.2, 0) is 0 Å². The summed E-state index contributed by atoms with van der Waals surface area (Å²) in [7, 11) is 0. The maximum absolute atomic E-state index is 10.7. The second-order valence-electron chi connectivity index (χ2n) is 8.69. The quantitative estimate of drug-likeness (QED) is 0.621. The smallest absolute Gasteiger partial charge is 0.0947 e. The van der Waals surface area contributed by atoms with Crippen LogP contribution in [-0.4, -0.2) is 5.11 Å². The molecule has 112 valence electrons. The number of fused-ring (bicyclic) bond motifs is 5. The molecule has 1 unspecified atom stereocenters. The summed E-state index contributed by atoms with van der Waals surface area (Å²) in [4.78, 5) is 0. The minimum Gasteiger partial charge on any atom is -0.512 e. The first-order valence-corrected chi connectivity index (χ1v) is 8.95. The van der Waals surface area contributed by atoms with Crippen LogP contribution in [0.3, 0.4) is 0 Å². The molecule has 0 spiro atoms. The molecule has 0 radical (unpaired) electrons. The average Bonchev–Trinajstić information content (AvgIpc) is 2.82. The molecule has 4 rings (SSSR count). The van der Waals surface area contributed by atoms with Gasteiger partial charge in [0.2, 0.25) is 0 Å². The molecule has 4 aliphatic rings. The molecule has 6 atom stereocenters. The van der Waals surface area contributed by atoms with E-state index in [0.717, 1.165) is 35.9 Å². The fraction of sp³-hybridized carbons (Fsp3) is 0.895. The summed E-state index contributed by atoms with van der Waals surface area (Å²) >= 11 is 0. The van der Waals surface area contributed by atoms with Crippen LogP contribution >= 0.6 is 0 Å². The molecule has 1 N–H and O–H groups in total. The summed E-state index contributed by atoms with van der Waals surface area (Å²) in [5.74, 6) is 4.11. The Hall–Kier alpha value is -0.460. The van der Waals surface area contributed by atoms with Crippen LogP contribution in [0.25, 0.3) is 0 Å². The van der Waals surface area contributed by atoms with Crippen molar-refractivity contribution in [2.45, 2.75) is 71.6 Å². The molecule has 0 aromatic carbocycles. The SMILES string of the molecule is C[C@@]12CCC[C@H]1[C@@H]1CCC3CCC=C(O)[C@]3(C)[C@H]1CC2. The van der Waals surface area contributed by atoms with Gasteiger partial charge in [0, 0.05) is 5.41 Å². The Bertz CT molecular complexity index is 439. The van der Waals surface area contributed by atoms with E-state index in [9.17, 15) is 5.11 Å². The highest BCUT2D eigenvalue weighted by Crippen LogP contribution is 2.66. The molecule has 0 amide bonds. The van der Waals surface area contributed by atoms with Gasteiger partial charge in [0.05, 0.1) is 5.76 Å². The van der Waals surface area contributed by atoms with Gasteiger partial charge in [0.25, 0.3) is 0 Å². The van der Waals surface area contributed by atoms with Crippen molar-refractivity contribution in [2.75, 3.05) is 0 Å².